The monoisotopic (exact) mass is 1610 g/mol. The zero-order valence-corrected chi connectivity index (χ0v) is 66.6. The standard InChI is InChI=1S/C19H22N4O2S2.2C17H17ClN4O2S2.C16H15ClN4O2S2/c1-12-6-5-7-14(10-12)27(24,25)17-18-20-13(2)15-11-22(3)9-8-16(15)23(18)21-19(17)26-4;1-21-7-6-14-11(10-21)9-19-16-15(17(25-2)20-22(14)16)26(23,24)13-5-3-4-12(18)8-13;1-10-13-9-19-7-6-14(13)22-16(20-10)15(17(21-22)25-2)26(23,24)12-5-3-4-11(18)8-12;1-24-16-14(25(22,23)12-4-2-3-11(17)7-12)15-19-9-10-8-18-6-5-13(10)21(15)20-16/h5-7,10H,8-9,11H2,1-4H3;3-5,8-9H,6-7,10H2,1-2H3;3-5,8,19H,6-7,9H2,1-2H3;2-4,7,9,18H,5-6,8H2,1H3. The molecule has 0 atom stereocenters. The van der Waals surface area contributed by atoms with Crippen LogP contribution < -0.4 is 10.6 Å². The Balaban J connectivity index is 0.000000123. The van der Waals surface area contributed by atoms with Gasteiger partial charge in [-0.3, -0.25) is 0 Å². The van der Waals surface area contributed by atoms with E-state index >= 15 is 0 Å². The normalized spacial score (nSPS) is 15.0. The SMILES string of the molecule is CSc1nn2c3c(c(C)nc2c1S(=O)(=O)c1cccc(C)c1)CN(C)CC3.CSc1nn2c3c(c(C)nc2c1S(=O)(=O)c1cccc(Cl)c1)CNCC3.CSc1nn2c3c(cnc2c1S(=O)(=O)c1cccc(Cl)c1)CN(C)CC3.CSc1nn2c3c(cnc2c1S(=O)(=O)c1cccc(Cl)c1)CNCC3. The minimum absolute atomic E-state index is 0.142. The zero-order valence-electron chi connectivity index (χ0n) is 57.8. The number of benzene rings is 4. The highest BCUT2D eigenvalue weighted by atomic mass is 35.5. The molecule has 12 aromatic rings. The summed E-state index contributed by atoms with van der Waals surface area (Å²) < 4.78 is 113. The van der Waals surface area contributed by atoms with Crippen molar-refractivity contribution in [1.82, 2.24) is 78.8 Å². The number of fused-ring (bicyclic) bond motifs is 12. The zero-order chi connectivity index (χ0) is 73.9. The van der Waals surface area contributed by atoms with Gasteiger partial charge < -0.3 is 20.4 Å². The second-order valence-electron chi connectivity index (χ2n) is 25.0. The Bertz CT molecular complexity index is 5900. The second-order valence-corrected chi connectivity index (χ2v) is 37.1. The molecular formula is C69H71Cl3N16O8S8. The Kier molecular flexibility index (Phi) is 22.1. The number of likely N-dealkylation sites (N-methyl/N-ethyl adjacent to an activating group) is 2. The lowest BCUT2D eigenvalue weighted by molar-refractivity contribution is 0.306. The predicted molar refractivity (Wildman–Crippen MR) is 407 cm³/mol. The first kappa shape index (κ1) is 75.5. The Hall–Kier alpha value is -6.73. The number of halogens is 3. The van der Waals surface area contributed by atoms with Gasteiger partial charge in [0.15, 0.2) is 42.2 Å². The van der Waals surface area contributed by atoms with Gasteiger partial charge in [0.25, 0.3) is 0 Å². The first-order valence-electron chi connectivity index (χ1n) is 32.6. The van der Waals surface area contributed by atoms with E-state index < -0.39 is 39.3 Å². The van der Waals surface area contributed by atoms with Gasteiger partial charge in [0.1, 0.15) is 20.1 Å². The van der Waals surface area contributed by atoms with Gasteiger partial charge in [-0.1, -0.05) is 65.1 Å². The molecule has 0 amide bonds. The van der Waals surface area contributed by atoms with Crippen molar-refractivity contribution in [2.24, 2.45) is 0 Å². The van der Waals surface area contributed by atoms with Crippen molar-refractivity contribution < 1.29 is 33.7 Å². The summed E-state index contributed by atoms with van der Waals surface area (Å²) in [6.07, 6.45) is 14.0. The summed E-state index contributed by atoms with van der Waals surface area (Å²) in [5, 5.41) is 27.9. The number of nitrogens with one attached hydrogen (secondary N) is 2. The van der Waals surface area contributed by atoms with Crippen LogP contribution >= 0.6 is 81.9 Å². The van der Waals surface area contributed by atoms with Gasteiger partial charge >= 0.3 is 0 Å². The van der Waals surface area contributed by atoms with E-state index in [-0.39, 0.29) is 39.2 Å². The Morgan fingerprint density at radius 1 is 0.413 bits per heavy atom. The van der Waals surface area contributed by atoms with Crippen LogP contribution in [0.4, 0.5) is 0 Å². The van der Waals surface area contributed by atoms with Crippen LogP contribution in [-0.2, 0) is 91.2 Å². The number of hydrogen-bond donors (Lipinski definition) is 2. The molecule has 104 heavy (non-hydrogen) atoms. The van der Waals surface area contributed by atoms with E-state index in [4.69, 9.17) is 34.8 Å². The number of thioether (sulfide) groups is 4. The van der Waals surface area contributed by atoms with Gasteiger partial charge in [-0.2, -0.15) is 20.4 Å². The van der Waals surface area contributed by atoms with Crippen LogP contribution in [0.5, 0.6) is 0 Å². The maximum absolute atomic E-state index is 13.5. The van der Waals surface area contributed by atoms with Crippen molar-refractivity contribution in [1.29, 1.82) is 0 Å². The number of rotatable bonds is 12. The summed E-state index contributed by atoms with van der Waals surface area (Å²) in [4.78, 5) is 24.0. The lowest BCUT2D eigenvalue weighted by Crippen LogP contribution is -2.29. The van der Waals surface area contributed by atoms with Crippen molar-refractivity contribution >= 4 is 144 Å². The van der Waals surface area contributed by atoms with E-state index in [1.165, 1.54) is 71.3 Å². The highest BCUT2D eigenvalue weighted by Crippen LogP contribution is 2.40. The highest BCUT2D eigenvalue weighted by Gasteiger charge is 2.36. The average molecular weight is 1620 g/mol. The number of nitrogens with zero attached hydrogens (tertiary/aromatic N) is 14. The Morgan fingerprint density at radius 2 is 0.769 bits per heavy atom. The third kappa shape index (κ3) is 14.3. The van der Waals surface area contributed by atoms with Crippen LogP contribution in [0.2, 0.25) is 15.1 Å². The van der Waals surface area contributed by atoms with E-state index in [1.807, 2.05) is 51.9 Å². The number of hydrogen-bond acceptors (Lipinski definition) is 24. The molecule has 0 fully saturated rings. The van der Waals surface area contributed by atoms with Gasteiger partial charge in [-0.15, -0.1) is 47.0 Å². The van der Waals surface area contributed by atoms with Gasteiger partial charge in [-0.25, -0.2) is 71.7 Å². The molecule has 8 aromatic heterocycles. The fraction of sp³-hybridized carbons (Fsp3) is 0.304. The second kappa shape index (κ2) is 30.5. The molecule has 0 spiro atoms. The topological polar surface area (TPSA) is 288 Å². The molecular weight excluding hydrogens is 1540 g/mol. The quantitative estimate of drug-likeness (QED) is 0.107. The first-order chi connectivity index (χ1) is 49.7. The largest absolute Gasteiger partial charge is 0.312 e. The van der Waals surface area contributed by atoms with Crippen LogP contribution in [0.15, 0.2) is 169 Å². The van der Waals surface area contributed by atoms with Crippen molar-refractivity contribution in [3.05, 3.63) is 187 Å². The Morgan fingerprint density at radius 3 is 1.21 bits per heavy atom. The molecule has 0 unspecified atom stereocenters. The number of sulfone groups is 4. The summed E-state index contributed by atoms with van der Waals surface area (Å²) in [7, 11) is -10.9. The summed E-state index contributed by atoms with van der Waals surface area (Å²) >= 11 is 23.2. The van der Waals surface area contributed by atoms with Crippen LogP contribution in [0, 0.1) is 20.8 Å². The third-order valence-electron chi connectivity index (χ3n) is 18.2. The molecule has 2 N–H and O–H groups in total. The molecule has 16 rings (SSSR count). The van der Waals surface area contributed by atoms with Gasteiger partial charge in [0, 0.05) is 139 Å². The fourth-order valence-electron chi connectivity index (χ4n) is 13.1. The van der Waals surface area contributed by atoms with Crippen molar-refractivity contribution in [3.8, 4) is 0 Å². The molecule has 0 aliphatic carbocycles. The van der Waals surface area contributed by atoms with Crippen molar-refractivity contribution in [2.75, 3.05) is 65.3 Å². The summed E-state index contributed by atoms with van der Waals surface area (Å²) in [6.45, 7) is 12.2. The molecule has 4 aromatic carbocycles. The van der Waals surface area contributed by atoms with E-state index in [1.54, 1.807) is 97.2 Å². The molecule has 4 aliphatic rings. The molecule has 0 saturated heterocycles. The number of aromatic nitrogens is 12. The minimum atomic E-state index is -3.80. The maximum atomic E-state index is 13.5. The molecule has 35 heteroatoms. The molecule has 0 saturated carbocycles. The molecule has 12 heterocycles. The predicted octanol–water partition coefficient (Wildman–Crippen LogP) is 11.3. The lowest BCUT2D eigenvalue weighted by atomic mass is 10.0. The van der Waals surface area contributed by atoms with Gasteiger partial charge in [-0.05, 0) is 132 Å². The Labute approximate surface area is 634 Å². The van der Waals surface area contributed by atoms with Gasteiger partial charge in [0.2, 0.25) is 39.3 Å². The first-order valence-corrected chi connectivity index (χ1v) is 44.6. The molecule has 0 radical (unpaired) electrons. The van der Waals surface area contributed by atoms with Crippen molar-refractivity contribution in [2.45, 2.75) is 132 Å². The van der Waals surface area contributed by atoms with Crippen LogP contribution in [-0.4, -0.2) is 167 Å². The summed E-state index contributed by atoms with van der Waals surface area (Å²) in [6, 6.07) is 25.8. The highest BCUT2D eigenvalue weighted by molar-refractivity contribution is 8.00. The van der Waals surface area contributed by atoms with E-state index in [9.17, 15) is 33.7 Å². The molecule has 24 nitrogen and oxygen atoms in total. The van der Waals surface area contributed by atoms with Crippen LogP contribution in [0.3, 0.4) is 0 Å². The van der Waals surface area contributed by atoms with Gasteiger partial charge in [0.05, 0.1) is 42.4 Å². The summed E-state index contributed by atoms with van der Waals surface area (Å²) in [5.41, 5.74) is 12.6. The molecule has 544 valence electrons. The van der Waals surface area contributed by atoms with Crippen molar-refractivity contribution in [3.63, 3.8) is 0 Å². The van der Waals surface area contributed by atoms with Crippen LogP contribution in [0.25, 0.3) is 22.6 Å². The minimum Gasteiger partial charge on any atom is -0.312 e. The average Bonchev–Trinajstić information content (AvgIpc) is 1.59. The lowest BCUT2D eigenvalue weighted by Gasteiger charge is -2.26. The third-order valence-corrected chi connectivity index (χ3v) is 29.3. The molecule has 4 aliphatic heterocycles. The summed E-state index contributed by atoms with van der Waals surface area (Å²) in [5.74, 6) is 0. The molecule has 0 bridgehead atoms. The smallest absolute Gasteiger partial charge is 0.213 e. The number of aryl methyl sites for hydroxylation is 3. The van der Waals surface area contributed by atoms with E-state index in [2.05, 4.69) is 74.9 Å². The van der Waals surface area contributed by atoms with E-state index in [0.29, 0.717) is 64.3 Å². The fourth-order valence-corrected chi connectivity index (χ4v) is 23.6. The van der Waals surface area contributed by atoms with E-state index in [0.717, 1.165) is 133 Å². The van der Waals surface area contributed by atoms with Crippen LogP contribution in [0.1, 0.15) is 62.0 Å². The maximum Gasteiger partial charge on any atom is 0.213 e.